The standard InChI is InChI=1S/C19H21N3OS/c1-14-9-7-8-10-16(14)13-24-19-21-20-18(22(19)3)15(2)23-17-11-5-4-6-12-17/h4-12,15H,13H2,1-3H3. The predicted octanol–water partition coefficient (Wildman–Crippen LogP) is 4.56. The quantitative estimate of drug-likeness (QED) is 0.617. The van der Waals surface area contributed by atoms with Gasteiger partial charge in [-0.25, -0.2) is 0 Å². The van der Waals surface area contributed by atoms with Crippen molar-refractivity contribution in [2.45, 2.75) is 30.9 Å². The number of para-hydroxylation sites is 1. The first-order valence-corrected chi connectivity index (χ1v) is 8.92. The van der Waals surface area contributed by atoms with E-state index in [4.69, 9.17) is 4.74 Å². The summed E-state index contributed by atoms with van der Waals surface area (Å²) in [6.07, 6.45) is -0.155. The van der Waals surface area contributed by atoms with Gasteiger partial charge in [0.2, 0.25) is 0 Å². The first kappa shape index (κ1) is 16.6. The molecule has 0 aliphatic heterocycles. The summed E-state index contributed by atoms with van der Waals surface area (Å²) in [5.74, 6) is 2.54. The van der Waals surface area contributed by atoms with Gasteiger partial charge in [-0.1, -0.05) is 54.2 Å². The van der Waals surface area contributed by atoms with Gasteiger partial charge in [-0.3, -0.25) is 0 Å². The van der Waals surface area contributed by atoms with Crippen molar-refractivity contribution in [1.82, 2.24) is 14.8 Å². The van der Waals surface area contributed by atoms with Crippen LogP contribution in [-0.4, -0.2) is 14.8 Å². The Kier molecular flexibility index (Phi) is 5.20. The average molecular weight is 339 g/mol. The third-order valence-electron chi connectivity index (χ3n) is 3.91. The summed E-state index contributed by atoms with van der Waals surface area (Å²) in [7, 11) is 1.99. The van der Waals surface area contributed by atoms with Crippen LogP contribution in [0.4, 0.5) is 0 Å². The second-order valence-corrected chi connectivity index (χ2v) is 6.63. The first-order valence-electron chi connectivity index (χ1n) is 7.93. The number of hydrogen-bond donors (Lipinski definition) is 0. The summed E-state index contributed by atoms with van der Waals surface area (Å²) in [5.41, 5.74) is 2.62. The zero-order chi connectivity index (χ0) is 16.9. The van der Waals surface area contributed by atoms with Crippen LogP contribution in [-0.2, 0) is 12.8 Å². The summed E-state index contributed by atoms with van der Waals surface area (Å²) in [6.45, 7) is 4.13. The second-order valence-electron chi connectivity index (χ2n) is 5.69. The van der Waals surface area contributed by atoms with Crippen LogP contribution < -0.4 is 4.74 Å². The van der Waals surface area contributed by atoms with E-state index >= 15 is 0 Å². The molecule has 2 aromatic carbocycles. The van der Waals surface area contributed by atoms with Crippen molar-refractivity contribution in [3.05, 3.63) is 71.5 Å². The molecular formula is C19H21N3OS. The predicted molar refractivity (Wildman–Crippen MR) is 97.2 cm³/mol. The van der Waals surface area contributed by atoms with E-state index < -0.39 is 0 Å². The highest BCUT2D eigenvalue weighted by Gasteiger charge is 2.17. The number of thioether (sulfide) groups is 1. The molecule has 0 spiro atoms. The van der Waals surface area contributed by atoms with Crippen molar-refractivity contribution in [2.75, 3.05) is 0 Å². The smallest absolute Gasteiger partial charge is 0.191 e. The first-order chi connectivity index (χ1) is 11.6. The molecule has 3 rings (SSSR count). The average Bonchev–Trinajstić information content (AvgIpc) is 2.96. The maximum Gasteiger partial charge on any atom is 0.191 e. The number of aryl methyl sites for hydroxylation is 1. The molecule has 24 heavy (non-hydrogen) atoms. The monoisotopic (exact) mass is 339 g/mol. The molecule has 1 aromatic heterocycles. The number of rotatable bonds is 6. The third kappa shape index (κ3) is 3.79. The number of benzene rings is 2. The van der Waals surface area contributed by atoms with Gasteiger partial charge in [0.25, 0.3) is 0 Å². The van der Waals surface area contributed by atoms with Crippen molar-refractivity contribution in [1.29, 1.82) is 0 Å². The summed E-state index contributed by atoms with van der Waals surface area (Å²) < 4.78 is 7.95. The minimum absolute atomic E-state index is 0.155. The lowest BCUT2D eigenvalue weighted by molar-refractivity contribution is 0.211. The molecule has 0 saturated carbocycles. The van der Waals surface area contributed by atoms with E-state index in [1.165, 1.54) is 11.1 Å². The Morgan fingerprint density at radius 3 is 2.50 bits per heavy atom. The highest BCUT2D eigenvalue weighted by atomic mass is 32.2. The van der Waals surface area contributed by atoms with E-state index in [2.05, 4.69) is 41.4 Å². The Bertz CT molecular complexity index is 801. The van der Waals surface area contributed by atoms with Crippen molar-refractivity contribution >= 4 is 11.8 Å². The molecule has 0 radical (unpaired) electrons. The van der Waals surface area contributed by atoms with E-state index in [1.807, 2.05) is 48.9 Å². The topological polar surface area (TPSA) is 39.9 Å². The lowest BCUT2D eigenvalue weighted by Gasteiger charge is -2.14. The minimum Gasteiger partial charge on any atom is -0.483 e. The van der Waals surface area contributed by atoms with Gasteiger partial charge in [0.1, 0.15) is 5.75 Å². The maximum atomic E-state index is 5.94. The van der Waals surface area contributed by atoms with E-state index in [0.29, 0.717) is 0 Å². The van der Waals surface area contributed by atoms with E-state index in [9.17, 15) is 0 Å². The van der Waals surface area contributed by atoms with Crippen LogP contribution >= 0.6 is 11.8 Å². The molecule has 1 heterocycles. The Morgan fingerprint density at radius 1 is 1.04 bits per heavy atom. The van der Waals surface area contributed by atoms with E-state index in [-0.39, 0.29) is 6.10 Å². The van der Waals surface area contributed by atoms with Crippen LogP contribution in [0.2, 0.25) is 0 Å². The number of hydrogen-bond acceptors (Lipinski definition) is 4. The van der Waals surface area contributed by atoms with Crippen LogP contribution in [0.5, 0.6) is 5.75 Å². The Hall–Kier alpha value is -2.27. The zero-order valence-electron chi connectivity index (χ0n) is 14.1. The molecule has 1 unspecified atom stereocenters. The fourth-order valence-electron chi connectivity index (χ4n) is 2.48. The van der Waals surface area contributed by atoms with Crippen molar-refractivity contribution in [2.24, 2.45) is 7.05 Å². The number of ether oxygens (including phenoxy) is 1. The van der Waals surface area contributed by atoms with Gasteiger partial charge in [0.15, 0.2) is 17.1 Å². The third-order valence-corrected chi connectivity index (χ3v) is 4.98. The number of nitrogens with zero attached hydrogens (tertiary/aromatic N) is 3. The van der Waals surface area contributed by atoms with Crippen molar-refractivity contribution in [3.8, 4) is 5.75 Å². The van der Waals surface area contributed by atoms with Crippen LogP contribution in [0.25, 0.3) is 0 Å². The summed E-state index contributed by atoms with van der Waals surface area (Å²) in [5, 5.41) is 9.53. The number of aromatic nitrogens is 3. The van der Waals surface area contributed by atoms with Gasteiger partial charge in [0.05, 0.1) is 0 Å². The second kappa shape index (κ2) is 7.53. The fourth-order valence-corrected chi connectivity index (χ4v) is 3.47. The molecule has 0 saturated heterocycles. The summed E-state index contributed by atoms with van der Waals surface area (Å²) in [6, 6.07) is 18.2. The maximum absolute atomic E-state index is 5.94. The molecule has 0 aliphatic rings. The molecule has 4 nitrogen and oxygen atoms in total. The molecule has 3 aromatic rings. The van der Waals surface area contributed by atoms with E-state index in [1.54, 1.807) is 11.8 Å². The van der Waals surface area contributed by atoms with Crippen molar-refractivity contribution < 1.29 is 4.74 Å². The SMILES string of the molecule is Cc1ccccc1CSc1nnc(C(C)Oc2ccccc2)n1C. The normalized spacial score (nSPS) is 12.1. The van der Waals surface area contributed by atoms with Gasteiger partial charge in [-0.15, -0.1) is 10.2 Å². The molecule has 0 aliphatic carbocycles. The fraction of sp³-hybridized carbons (Fsp3) is 0.263. The molecule has 124 valence electrons. The van der Waals surface area contributed by atoms with Crippen molar-refractivity contribution in [3.63, 3.8) is 0 Å². The van der Waals surface area contributed by atoms with Gasteiger partial charge >= 0.3 is 0 Å². The van der Waals surface area contributed by atoms with Gasteiger partial charge in [0, 0.05) is 12.8 Å². The molecule has 5 heteroatoms. The molecule has 0 fully saturated rings. The summed E-state index contributed by atoms with van der Waals surface area (Å²) >= 11 is 1.69. The Morgan fingerprint density at radius 2 is 1.75 bits per heavy atom. The lowest BCUT2D eigenvalue weighted by Crippen LogP contribution is -2.10. The van der Waals surface area contributed by atoms with Crippen LogP contribution in [0.1, 0.15) is 30.0 Å². The van der Waals surface area contributed by atoms with Gasteiger partial charge in [-0.2, -0.15) is 0 Å². The van der Waals surface area contributed by atoms with Crippen LogP contribution in [0.15, 0.2) is 59.8 Å². The lowest BCUT2D eigenvalue weighted by atomic mass is 10.1. The molecule has 0 N–H and O–H groups in total. The molecule has 0 amide bonds. The Balaban J connectivity index is 1.68. The van der Waals surface area contributed by atoms with Crippen LogP contribution in [0, 0.1) is 6.92 Å². The zero-order valence-corrected chi connectivity index (χ0v) is 15.0. The van der Waals surface area contributed by atoms with Gasteiger partial charge < -0.3 is 9.30 Å². The van der Waals surface area contributed by atoms with Crippen LogP contribution in [0.3, 0.4) is 0 Å². The molecule has 1 atom stereocenters. The molecule has 0 bridgehead atoms. The largest absolute Gasteiger partial charge is 0.483 e. The molecular weight excluding hydrogens is 318 g/mol. The highest BCUT2D eigenvalue weighted by Crippen LogP contribution is 2.26. The highest BCUT2D eigenvalue weighted by molar-refractivity contribution is 7.98. The summed E-state index contributed by atoms with van der Waals surface area (Å²) in [4.78, 5) is 0. The Labute approximate surface area is 146 Å². The van der Waals surface area contributed by atoms with E-state index in [0.717, 1.165) is 22.5 Å². The minimum atomic E-state index is -0.155. The van der Waals surface area contributed by atoms with Gasteiger partial charge in [-0.05, 0) is 37.1 Å².